The molecule has 0 saturated carbocycles. The number of halogens is 1. The summed E-state index contributed by atoms with van der Waals surface area (Å²) in [6.45, 7) is 1.96. The Balaban J connectivity index is 1.84. The van der Waals surface area contributed by atoms with Crippen LogP contribution >= 0.6 is 0 Å². The molecule has 27 heavy (non-hydrogen) atoms. The van der Waals surface area contributed by atoms with Gasteiger partial charge in [0.2, 0.25) is 5.09 Å². The van der Waals surface area contributed by atoms with Gasteiger partial charge in [0.1, 0.15) is 28.1 Å². The molecule has 0 amide bonds. The average Bonchev–Trinajstić information content (AvgIpc) is 2.95. The largest absolute Gasteiger partial charge is 0.497 e. The van der Waals surface area contributed by atoms with Gasteiger partial charge in [0.05, 0.1) is 12.0 Å². The van der Waals surface area contributed by atoms with Gasteiger partial charge in [-0.05, 0) is 60.5 Å². The summed E-state index contributed by atoms with van der Waals surface area (Å²) in [6, 6.07) is 19.0. The van der Waals surface area contributed by atoms with E-state index in [0.29, 0.717) is 21.5 Å². The van der Waals surface area contributed by atoms with Gasteiger partial charge >= 0.3 is 0 Å². The van der Waals surface area contributed by atoms with Crippen LogP contribution in [0.25, 0.3) is 5.57 Å². The van der Waals surface area contributed by atoms with Crippen molar-refractivity contribution < 1.29 is 18.1 Å². The van der Waals surface area contributed by atoms with Crippen LogP contribution in [0.1, 0.15) is 16.7 Å². The fraction of sp³-hybridized carbons (Fsp3) is 0.0909. The molecule has 0 bridgehead atoms. The Kier molecular flexibility index (Phi) is 4.54. The Morgan fingerprint density at radius 1 is 0.889 bits per heavy atom. The van der Waals surface area contributed by atoms with E-state index in [2.05, 4.69) is 0 Å². The molecule has 0 saturated heterocycles. The summed E-state index contributed by atoms with van der Waals surface area (Å²) in [4.78, 5) is 0.706. The molecule has 4 rings (SSSR count). The van der Waals surface area contributed by atoms with E-state index in [4.69, 9.17) is 9.47 Å². The van der Waals surface area contributed by atoms with Gasteiger partial charge in [-0.3, -0.25) is 0 Å². The molecule has 5 heteroatoms. The molecule has 1 aliphatic heterocycles. The van der Waals surface area contributed by atoms with Crippen LogP contribution in [0, 0.1) is 12.7 Å². The van der Waals surface area contributed by atoms with Crippen molar-refractivity contribution in [2.45, 2.75) is 11.8 Å². The van der Waals surface area contributed by atoms with Crippen molar-refractivity contribution in [1.82, 2.24) is 0 Å². The zero-order chi connectivity index (χ0) is 19.0. The van der Waals surface area contributed by atoms with Crippen molar-refractivity contribution in [1.29, 1.82) is 0 Å². The third-order valence-electron chi connectivity index (χ3n) is 4.38. The van der Waals surface area contributed by atoms with Crippen LogP contribution in [0.4, 0.5) is 4.39 Å². The smallest absolute Gasteiger partial charge is 0.204 e. The first-order valence-corrected chi connectivity index (χ1v) is 9.57. The minimum atomic E-state index is -1.46. The van der Waals surface area contributed by atoms with Crippen LogP contribution in [0.5, 0.6) is 11.5 Å². The standard InChI is InChI=1S/C22H17FO3S/c1-14-3-12-19-20(13-14)27(24)22(21(19)15-4-6-16(23)7-5-15)26-18-10-8-17(25-2)9-11-18/h3-13H,1-2H3. The number of rotatable bonds is 4. The average molecular weight is 380 g/mol. The topological polar surface area (TPSA) is 35.5 Å². The van der Waals surface area contributed by atoms with E-state index in [1.165, 1.54) is 12.1 Å². The minimum Gasteiger partial charge on any atom is -0.497 e. The van der Waals surface area contributed by atoms with Gasteiger partial charge in [0.15, 0.2) is 0 Å². The fourth-order valence-electron chi connectivity index (χ4n) is 3.02. The highest BCUT2D eigenvalue weighted by Crippen LogP contribution is 2.41. The van der Waals surface area contributed by atoms with Crippen molar-refractivity contribution in [2.75, 3.05) is 7.11 Å². The Bertz CT molecular complexity index is 1050. The molecule has 136 valence electrons. The summed E-state index contributed by atoms with van der Waals surface area (Å²) >= 11 is 0. The molecule has 1 unspecified atom stereocenters. The molecule has 0 aromatic heterocycles. The Hall–Kier alpha value is -2.92. The Morgan fingerprint density at radius 2 is 1.56 bits per heavy atom. The summed E-state index contributed by atoms with van der Waals surface area (Å²) < 4.78 is 37.8. The quantitative estimate of drug-likeness (QED) is 0.635. The molecular weight excluding hydrogens is 363 g/mol. The lowest BCUT2D eigenvalue weighted by Gasteiger charge is -2.10. The van der Waals surface area contributed by atoms with Crippen molar-refractivity contribution in [3.63, 3.8) is 0 Å². The summed E-state index contributed by atoms with van der Waals surface area (Å²) in [6.07, 6.45) is 0. The Morgan fingerprint density at radius 3 is 2.22 bits per heavy atom. The van der Waals surface area contributed by atoms with Gasteiger partial charge in [-0.15, -0.1) is 0 Å². The maximum Gasteiger partial charge on any atom is 0.204 e. The first-order valence-electron chi connectivity index (χ1n) is 8.42. The van der Waals surface area contributed by atoms with Gasteiger partial charge in [0.25, 0.3) is 0 Å². The minimum absolute atomic E-state index is 0.319. The maximum absolute atomic E-state index is 13.4. The Labute approximate surface area is 159 Å². The third kappa shape index (κ3) is 3.26. The molecule has 1 heterocycles. The molecule has 3 nitrogen and oxygen atoms in total. The van der Waals surface area contributed by atoms with E-state index in [1.54, 1.807) is 43.5 Å². The van der Waals surface area contributed by atoms with Crippen molar-refractivity contribution in [2.24, 2.45) is 0 Å². The lowest BCUT2D eigenvalue weighted by molar-refractivity contribution is 0.412. The van der Waals surface area contributed by atoms with Crippen LogP contribution in [-0.4, -0.2) is 11.3 Å². The van der Waals surface area contributed by atoms with Crippen molar-refractivity contribution in [3.05, 3.63) is 94.3 Å². The van der Waals surface area contributed by atoms with E-state index in [9.17, 15) is 8.60 Å². The van der Waals surface area contributed by atoms with Crippen LogP contribution in [0.3, 0.4) is 0 Å². The monoisotopic (exact) mass is 380 g/mol. The predicted octanol–water partition coefficient (Wildman–Crippen LogP) is 5.06. The lowest BCUT2D eigenvalue weighted by atomic mass is 9.98. The SMILES string of the molecule is COc1ccc(OC2=C(c3ccc(F)cc3)c3ccc(C)cc3S2=O)cc1. The second-order valence-electron chi connectivity index (χ2n) is 6.22. The van der Waals surface area contributed by atoms with Gasteiger partial charge in [-0.25, -0.2) is 8.60 Å². The number of fused-ring (bicyclic) bond motifs is 1. The summed E-state index contributed by atoms with van der Waals surface area (Å²) in [5, 5.41) is 0.354. The molecule has 0 N–H and O–H groups in total. The molecule has 1 aliphatic rings. The molecule has 0 fully saturated rings. The molecule has 1 atom stereocenters. The second-order valence-corrected chi connectivity index (χ2v) is 7.56. The fourth-order valence-corrected chi connectivity index (χ4v) is 4.47. The van der Waals surface area contributed by atoms with Gasteiger partial charge in [-0.2, -0.15) is 0 Å². The summed E-state index contributed by atoms with van der Waals surface area (Å²) in [5.41, 5.74) is 3.34. The first kappa shape index (κ1) is 17.5. The highest BCUT2D eigenvalue weighted by Gasteiger charge is 2.31. The van der Waals surface area contributed by atoms with E-state index in [-0.39, 0.29) is 5.82 Å². The van der Waals surface area contributed by atoms with E-state index in [1.807, 2.05) is 25.1 Å². The molecule has 3 aromatic carbocycles. The lowest BCUT2D eigenvalue weighted by Crippen LogP contribution is -2.01. The third-order valence-corrected chi connectivity index (χ3v) is 5.74. The summed E-state index contributed by atoms with van der Waals surface area (Å²) in [7, 11) is 0.136. The predicted molar refractivity (Wildman–Crippen MR) is 104 cm³/mol. The number of benzene rings is 3. The molecule has 3 aromatic rings. The molecule has 0 radical (unpaired) electrons. The highest BCUT2D eigenvalue weighted by atomic mass is 32.2. The molecule has 0 aliphatic carbocycles. The second kappa shape index (κ2) is 7.00. The van der Waals surface area contributed by atoms with Crippen LogP contribution in [0.2, 0.25) is 0 Å². The number of hydrogen-bond acceptors (Lipinski definition) is 3. The van der Waals surface area contributed by atoms with E-state index < -0.39 is 10.8 Å². The van der Waals surface area contributed by atoms with Gasteiger partial charge < -0.3 is 9.47 Å². The molecule has 0 spiro atoms. The van der Waals surface area contributed by atoms with Crippen LogP contribution in [-0.2, 0) is 10.8 Å². The van der Waals surface area contributed by atoms with Gasteiger partial charge in [0, 0.05) is 11.1 Å². The molecular formula is C22H17FO3S. The van der Waals surface area contributed by atoms with Crippen molar-refractivity contribution in [3.8, 4) is 11.5 Å². The van der Waals surface area contributed by atoms with E-state index in [0.717, 1.165) is 22.3 Å². The van der Waals surface area contributed by atoms with Crippen LogP contribution < -0.4 is 9.47 Å². The van der Waals surface area contributed by atoms with Gasteiger partial charge in [-0.1, -0.05) is 24.3 Å². The first-order chi connectivity index (χ1) is 13.1. The van der Waals surface area contributed by atoms with E-state index >= 15 is 0 Å². The number of ether oxygens (including phenoxy) is 2. The summed E-state index contributed by atoms with van der Waals surface area (Å²) in [5.74, 6) is 0.949. The number of aryl methyl sites for hydroxylation is 1. The zero-order valence-corrected chi connectivity index (χ0v) is 15.7. The highest BCUT2D eigenvalue weighted by molar-refractivity contribution is 7.89. The van der Waals surface area contributed by atoms with Crippen LogP contribution in [0.15, 0.2) is 76.7 Å². The number of methoxy groups -OCH3 is 1. The maximum atomic E-state index is 13.4. The zero-order valence-electron chi connectivity index (χ0n) is 14.9. The van der Waals surface area contributed by atoms with Crippen molar-refractivity contribution >= 4 is 16.4 Å². The normalized spacial score (nSPS) is 15.6. The number of hydrogen-bond donors (Lipinski definition) is 0.